The highest BCUT2D eigenvalue weighted by molar-refractivity contribution is 6.07. The molecule has 10 aromatic carbocycles. The maximum atomic E-state index is 6.28. The van der Waals surface area contributed by atoms with Crippen molar-refractivity contribution in [3.05, 3.63) is 270 Å². The Morgan fingerprint density at radius 1 is 0.348 bits per heavy atom. The summed E-state index contributed by atoms with van der Waals surface area (Å²) in [5, 5.41) is 2.25. The SMILES string of the molecule is CC1(C)c2ccccc2-c2ccc(N(c3ccc(-c4ccc5oc6ccccc6c5c4)cc3-c3ccccc3)c3cccc4c3-c3ccccc3C4(c3ccccc3)c3ccccc3)cc21. The van der Waals surface area contributed by atoms with E-state index in [1.807, 2.05) is 12.1 Å². The second-order valence-electron chi connectivity index (χ2n) is 18.4. The summed E-state index contributed by atoms with van der Waals surface area (Å²) in [5.74, 6) is 0. The van der Waals surface area contributed by atoms with E-state index in [1.165, 1.54) is 55.6 Å². The summed E-state index contributed by atoms with van der Waals surface area (Å²) in [6.07, 6.45) is 0. The third-order valence-electron chi connectivity index (χ3n) is 14.6. The van der Waals surface area contributed by atoms with Crippen molar-refractivity contribution >= 4 is 39.0 Å². The summed E-state index contributed by atoms with van der Waals surface area (Å²) in [6.45, 7) is 4.75. The van der Waals surface area contributed by atoms with Crippen LogP contribution in [0.5, 0.6) is 0 Å². The largest absolute Gasteiger partial charge is 0.456 e. The second kappa shape index (κ2) is 14.7. The number of hydrogen-bond acceptors (Lipinski definition) is 2. The molecule has 0 saturated heterocycles. The topological polar surface area (TPSA) is 16.4 Å². The molecule has 312 valence electrons. The van der Waals surface area contributed by atoms with Crippen LogP contribution in [0.25, 0.3) is 66.4 Å². The van der Waals surface area contributed by atoms with E-state index >= 15 is 0 Å². The molecule has 0 aliphatic heterocycles. The summed E-state index contributed by atoms with van der Waals surface area (Å²) >= 11 is 0. The minimum Gasteiger partial charge on any atom is -0.456 e. The number of anilines is 3. The monoisotopic (exact) mass is 843 g/mol. The normalized spacial score (nSPS) is 13.8. The molecule has 2 nitrogen and oxygen atoms in total. The fraction of sp³-hybridized carbons (Fsp3) is 0.0625. The van der Waals surface area contributed by atoms with Crippen LogP contribution < -0.4 is 4.90 Å². The zero-order valence-electron chi connectivity index (χ0n) is 36.9. The van der Waals surface area contributed by atoms with Crippen LogP contribution in [-0.2, 0) is 10.8 Å². The van der Waals surface area contributed by atoms with Crippen molar-refractivity contribution in [3.63, 3.8) is 0 Å². The molecule has 0 fully saturated rings. The molecule has 0 saturated carbocycles. The maximum absolute atomic E-state index is 6.28. The summed E-state index contributed by atoms with van der Waals surface area (Å²) in [6, 6.07) is 87.3. The van der Waals surface area contributed by atoms with E-state index in [-0.39, 0.29) is 5.41 Å². The van der Waals surface area contributed by atoms with Gasteiger partial charge in [-0.1, -0.05) is 202 Å². The third kappa shape index (κ3) is 5.55. The lowest BCUT2D eigenvalue weighted by atomic mass is 9.68. The molecule has 11 aromatic rings. The van der Waals surface area contributed by atoms with Gasteiger partial charge < -0.3 is 9.32 Å². The molecule has 0 radical (unpaired) electrons. The Morgan fingerprint density at radius 2 is 0.939 bits per heavy atom. The van der Waals surface area contributed by atoms with E-state index < -0.39 is 5.41 Å². The summed E-state index contributed by atoms with van der Waals surface area (Å²) in [4.78, 5) is 2.56. The van der Waals surface area contributed by atoms with Crippen molar-refractivity contribution in [1.82, 2.24) is 0 Å². The van der Waals surface area contributed by atoms with Gasteiger partial charge in [-0.2, -0.15) is 0 Å². The molecule has 0 N–H and O–H groups in total. The molecule has 2 aliphatic rings. The van der Waals surface area contributed by atoms with Crippen LogP contribution in [0.3, 0.4) is 0 Å². The van der Waals surface area contributed by atoms with Crippen LogP contribution in [0.1, 0.15) is 47.2 Å². The lowest BCUT2D eigenvalue weighted by Crippen LogP contribution is -2.28. The Labute approximate surface area is 385 Å². The number of rotatable bonds is 7. The van der Waals surface area contributed by atoms with Gasteiger partial charge in [0.1, 0.15) is 11.2 Å². The highest BCUT2D eigenvalue weighted by atomic mass is 16.3. The van der Waals surface area contributed by atoms with E-state index in [2.05, 4.69) is 243 Å². The zero-order valence-corrected chi connectivity index (χ0v) is 36.9. The fourth-order valence-corrected chi connectivity index (χ4v) is 11.6. The molecule has 2 aliphatic carbocycles. The van der Waals surface area contributed by atoms with E-state index in [0.717, 1.165) is 61.3 Å². The minimum absolute atomic E-state index is 0.184. The Morgan fingerprint density at radius 3 is 1.71 bits per heavy atom. The van der Waals surface area contributed by atoms with Gasteiger partial charge >= 0.3 is 0 Å². The Hall–Kier alpha value is -8.20. The van der Waals surface area contributed by atoms with Gasteiger partial charge in [0.25, 0.3) is 0 Å². The van der Waals surface area contributed by atoms with Crippen LogP contribution in [0, 0.1) is 0 Å². The molecule has 1 heterocycles. The van der Waals surface area contributed by atoms with Crippen LogP contribution in [0.4, 0.5) is 17.1 Å². The quantitative estimate of drug-likeness (QED) is 0.159. The van der Waals surface area contributed by atoms with E-state index in [1.54, 1.807) is 0 Å². The van der Waals surface area contributed by atoms with Gasteiger partial charge in [0, 0.05) is 33.0 Å². The van der Waals surface area contributed by atoms with Gasteiger partial charge in [-0.25, -0.2) is 0 Å². The van der Waals surface area contributed by atoms with Crippen molar-refractivity contribution in [3.8, 4) is 44.5 Å². The molecule has 0 amide bonds. The fourth-order valence-electron chi connectivity index (χ4n) is 11.6. The predicted octanol–water partition coefficient (Wildman–Crippen LogP) is 17.1. The summed E-state index contributed by atoms with van der Waals surface area (Å²) < 4.78 is 6.28. The first-order valence-corrected chi connectivity index (χ1v) is 23.0. The molecule has 0 atom stereocenters. The van der Waals surface area contributed by atoms with E-state index in [9.17, 15) is 0 Å². The van der Waals surface area contributed by atoms with Gasteiger partial charge in [-0.3, -0.25) is 0 Å². The number of nitrogens with zero attached hydrogens (tertiary/aromatic N) is 1. The molecule has 13 rings (SSSR count). The molecule has 2 heteroatoms. The summed E-state index contributed by atoms with van der Waals surface area (Å²) in [7, 11) is 0. The first-order valence-electron chi connectivity index (χ1n) is 23.0. The first-order chi connectivity index (χ1) is 32.5. The van der Waals surface area contributed by atoms with Gasteiger partial charge in [-0.05, 0) is 115 Å². The van der Waals surface area contributed by atoms with E-state index in [4.69, 9.17) is 4.42 Å². The average molecular weight is 844 g/mol. The van der Waals surface area contributed by atoms with Crippen LogP contribution in [-0.4, -0.2) is 0 Å². The Bertz CT molecular complexity index is 3640. The molecular weight excluding hydrogens is 799 g/mol. The zero-order chi connectivity index (χ0) is 44.0. The number of furan rings is 1. The van der Waals surface area contributed by atoms with Crippen LogP contribution in [0.15, 0.2) is 241 Å². The Balaban J connectivity index is 1.10. The van der Waals surface area contributed by atoms with Crippen molar-refractivity contribution in [2.24, 2.45) is 0 Å². The Kier molecular flexibility index (Phi) is 8.51. The number of hydrogen-bond donors (Lipinski definition) is 0. The predicted molar refractivity (Wildman–Crippen MR) is 274 cm³/mol. The van der Waals surface area contributed by atoms with Crippen molar-refractivity contribution in [2.75, 3.05) is 4.90 Å². The smallest absolute Gasteiger partial charge is 0.135 e. The highest BCUT2D eigenvalue weighted by Crippen LogP contribution is 2.60. The maximum Gasteiger partial charge on any atom is 0.135 e. The molecule has 0 spiro atoms. The number of benzene rings is 10. The molecule has 66 heavy (non-hydrogen) atoms. The number of fused-ring (bicyclic) bond motifs is 9. The first kappa shape index (κ1) is 38.3. The number of para-hydroxylation sites is 1. The molecular formula is C64H45NO. The third-order valence-corrected chi connectivity index (χ3v) is 14.6. The van der Waals surface area contributed by atoms with Crippen molar-refractivity contribution in [2.45, 2.75) is 24.7 Å². The van der Waals surface area contributed by atoms with Gasteiger partial charge in [0.15, 0.2) is 0 Å². The standard InChI is InChI=1S/C64H45NO/c1-63(2)54-28-15-12-25-48(54)49-36-35-47(41-57(49)63)65(58-37-33-43(39-52(58)42-19-6-3-7-20-42)44-34-38-61-53(40-44)50-26-14-17-32-60(50)66-61)59-31-18-30-56-62(59)51-27-13-16-29-55(51)64(56,45-21-8-4-9-22-45)46-23-10-5-11-24-46/h3-41H,1-2H3. The molecule has 1 aromatic heterocycles. The average Bonchev–Trinajstić information content (AvgIpc) is 3.98. The highest BCUT2D eigenvalue weighted by Gasteiger charge is 2.47. The second-order valence-corrected chi connectivity index (χ2v) is 18.4. The van der Waals surface area contributed by atoms with Gasteiger partial charge in [0.05, 0.1) is 16.8 Å². The van der Waals surface area contributed by atoms with Crippen LogP contribution in [0.2, 0.25) is 0 Å². The van der Waals surface area contributed by atoms with Crippen molar-refractivity contribution < 1.29 is 4.42 Å². The summed E-state index contributed by atoms with van der Waals surface area (Å²) in [5.41, 5.74) is 21.9. The van der Waals surface area contributed by atoms with Gasteiger partial charge in [0.2, 0.25) is 0 Å². The lowest BCUT2D eigenvalue weighted by Gasteiger charge is -2.35. The minimum atomic E-state index is -0.542. The molecule has 0 bridgehead atoms. The van der Waals surface area contributed by atoms with E-state index in [0.29, 0.717) is 0 Å². The molecule has 0 unspecified atom stereocenters. The van der Waals surface area contributed by atoms with Gasteiger partial charge in [-0.15, -0.1) is 0 Å². The van der Waals surface area contributed by atoms with Crippen LogP contribution >= 0.6 is 0 Å². The lowest BCUT2D eigenvalue weighted by molar-refractivity contribution is 0.660. The van der Waals surface area contributed by atoms with Crippen molar-refractivity contribution in [1.29, 1.82) is 0 Å².